The summed E-state index contributed by atoms with van der Waals surface area (Å²) in [6, 6.07) is -0.216. The molecule has 0 amide bonds. The maximum absolute atomic E-state index is 12.7. The number of esters is 2. The summed E-state index contributed by atoms with van der Waals surface area (Å²) in [5.41, 5.74) is -3.33. The van der Waals surface area contributed by atoms with Gasteiger partial charge < -0.3 is 24.8 Å². The van der Waals surface area contributed by atoms with Gasteiger partial charge in [0.1, 0.15) is 12.7 Å². The van der Waals surface area contributed by atoms with Crippen molar-refractivity contribution in [3.05, 3.63) is 11.6 Å². The van der Waals surface area contributed by atoms with Crippen molar-refractivity contribution in [1.82, 2.24) is 4.90 Å². The number of hydrogen-bond donors (Lipinski definition) is 3. The minimum atomic E-state index is -2.22. The second kappa shape index (κ2) is 6.60. The Bertz CT molecular complexity index is 629. The largest absolute Gasteiger partial charge is 0.459 e. The maximum atomic E-state index is 12.7. The van der Waals surface area contributed by atoms with E-state index < -0.39 is 41.3 Å². The van der Waals surface area contributed by atoms with Crippen LogP contribution in [0.5, 0.6) is 0 Å². The Labute approximate surface area is 152 Å². The highest BCUT2D eigenvalue weighted by Crippen LogP contribution is 2.36. The average Bonchev–Trinajstić information content (AvgIpc) is 3.14. The minimum absolute atomic E-state index is 0.0254. The SMILES string of the molecule is C[C@H](O)[C@]1(O)C[C@H](C)[C@](C)(O)C(=O)OCC2=CCN3CC[C@H](OC1=O)[C@@H]23. The van der Waals surface area contributed by atoms with Gasteiger partial charge in [-0.25, -0.2) is 9.59 Å². The Morgan fingerprint density at radius 3 is 2.65 bits per heavy atom. The number of nitrogens with zero attached hydrogens (tertiary/aromatic N) is 1. The zero-order valence-electron chi connectivity index (χ0n) is 15.3. The van der Waals surface area contributed by atoms with Crippen LogP contribution in [0.4, 0.5) is 0 Å². The van der Waals surface area contributed by atoms with Crippen molar-refractivity contribution in [3.8, 4) is 0 Å². The average molecular weight is 369 g/mol. The molecule has 2 saturated heterocycles. The smallest absolute Gasteiger partial charge is 0.341 e. The predicted octanol–water partition coefficient (Wildman–Crippen LogP) is -0.642. The third kappa shape index (κ3) is 3.05. The zero-order valence-corrected chi connectivity index (χ0v) is 15.3. The van der Waals surface area contributed by atoms with Crippen LogP contribution in [0.25, 0.3) is 0 Å². The molecule has 3 N–H and O–H groups in total. The van der Waals surface area contributed by atoms with Crippen molar-refractivity contribution in [2.45, 2.75) is 63.1 Å². The number of hydrogen-bond acceptors (Lipinski definition) is 8. The summed E-state index contributed by atoms with van der Waals surface area (Å²) in [5, 5.41) is 31.5. The number of carbonyl (C=O) groups excluding carboxylic acids is 2. The molecule has 0 radical (unpaired) electrons. The molecule has 3 rings (SSSR count). The van der Waals surface area contributed by atoms with Gasteiger partial charge in [-0.1, -0.05) is 13.0 Å². The Morgan fingerprint density at radius 2 is 2.00 bits per heavy atom. The van der Waals surface area contributed by atoms with Gasteiger partial charge in [-0.2, -0.15) is 0 Å². The fourth-order valence-electron chi connectivity index (χ4n) is 3.95. The van der Waals surface area contributed by atoms with E-state index in [4.69, 9.17) is 9.47 Å². The molecule has 8 heteroatoms. The molecule has 3 aliphatic rings. The van der Waals surface area contributed by atoms with Crippen LogP contribution in [0.3, 0.4) is 0 Å². The summed E-state index contributed by atoms with van der Waals surface area (Å²) < 4.78 is 10.9. The molecule has 0 spiro atoms. The monoisotopic (exact) mass is 369 g/mol. The first-order valence-corrected chi connectivity index (χ1v) is 9.01. The standard InChI is InChI=1S/C18H27NO7/c1-10-8-18(24,11(2)20)16(22)26-13-5-7-19-6-4-12(14(13)19)9-25-15(21)17(10,3)23/h4,10-11,13-14,20,23-24H,5-9H2,1-3H3/t10-,11-,13-,14+,17-,18+/m0/s1. The Hall–Kier alpha value is -1.48. The number of aliphatic hydroxyl groups is 3. The Balaban J connectivity index is 1.97. The van der Waals surface area contributed by atoms with Crippen LogP contribution < -0.4 is 0 Å². The number of carbonyl (C=O) groups is 2. The van der Waals surface area contributed by atoms with Gasteiger partial charge in [-0.05, 0) is 38.2 Å². The second-order valence-corrected chi connectivity index (χ2v) is 7.88. The molecule has 3 heterocycles. The minimum Gasteiger partial charge on any atom is -0.459 e. The molecule has 6 atom stereocenters. The lowest BCUT2D eigenvalue weighted by atomic mass is 9.79. The van der Waals surface area contributed by atoms with Crippen molar-refractivity contribution < 1.29 is 34.4 Å². The van der Waals surface area contributed by atoms with Crippen LogP contribution in [0, 0.1) is 5.92 Å². The summed E-state index contributed by atoms with van der Waals surface area (Å²) in [6.45, 7) is 5.50. The van der Waals surface area contributed by atoms with E-state index in [0.29, 0.717) is 13.0 Å². The van der Waals surface area contributed by atoms with E-state index in [1.165, 1.54) is 20.8 Å². The highest BCUT2D eigenvalue weighted by Gasteiger charge is 2.52. The fourth-order valence-corrected chi connectivity index (χ4v) is 3.95. The van der Waals surface area contributed by atoms with Crippen molar-refractivity contribution in [2.75, 3.05) is 19.7 Å². The first kappa shape index (κ1) is 19.3. The third-order valence-electron chi connectivity index (χ3n) is 6.08. The number of aliphatic hydroxyl groups excluding tert-OH is 1. The van der Waals surface area contributed by atoms with Gasteiger partial charge in [0.2, 0.25) is 0 Å². The molecular weight excluding hydrogens is 342 g/mol. The Kier molecular flexibility index (Phi) is 4.89. The van der Waals surface area contributed by atoms with E-state index >= 15 is 0 Å². The van der Waals surface area contributed by atoms with Gasteiger partial charge in [0.25, 0.3) is 0 Å². The van der Waals surface area contributed by atoms with Gasteiger partial charge in [-0.15, -0.1) is 0 Å². The number of rotatable bonds is 1. The molecule has 0 aromatic carbocycles. The van der Waals surface area contributed by atoms with Crippen LogP contribution in [-0.2, 0) is 19.1 Å². The lowest BCUT2D eigenvalue weighted by Gasteiger charge is -2.37. The van der Waals surface area contributed by atoms with Crippen molar-refractivity contribution >= 4 is 11.9 Å². The maximum Gasteiger partial charge on any atom is 0.341 e. The molecule has 0 saturated carbocycles. The lowest BCUT2D eigenvalue weighted by molar-refractivity contribution is -0.193. The third-order valence-corrected chi connectivity index (χ3v) is 6.08. The van der Waals surface area contributed by atoms with Gasteiger partial charge in [0, 0.05) is 13.1 Å². The van der Waals surface area contributed by atoms with E-state index in [1.54, 1.807) is 0 Å². The predicted molar refractivity (Wildman–Crippen MR) is 89.9 cm³/mol. The molecule has 26 heavy (non-hydrogen) atoms. The molecule has 8 nitrogen and oxygen atoms in total. The van der Waals surface area contributed by atoms with Crippen LogP contribution >= 0.6 is 0 Å². The van der Waals surface area contributed by atoms with E-state index in [0.717, 1.165) is 12.1 Å². The molecule has 0 bridgehead atoms. The van der Waals surface area contributed by atoms with Gasteiger partial charge >= 0.3 is 11.9 Å². The lowest BCUT2D eigenvalue weighted by Crippen LogP contribution is -2.56. The van der Waals surface area contributed by atoms with Crippen LogP contribution in [-0.4, -0.2) is 81.3 Å². The van der Waals surface area contributed by atoms with Gasteiger partial charge in [0.05, 0.1) is 12.1 Å². The van der Waals surface area contributed by atoms with Crippen LogP contribution in [0.2, 0.25) is 0 Å². The fraction of sp³-hybridized carbons (Fsp3) is 0.778. The summed E-state index contributed by atoms with van der Waals surface area (Å²) in [7, 11) is 0. The number of ether oxygens (including phenoxy) is 2. The summed E-state index contributed by atoms with van der Waals surface area (Å²) in [4.78, 5) is 27.3. The van der Waals surface area contributed by atoms with Crippen LogP contribution in [0.1, 0.15) is 33.6 Å². The molecule has 146 valence electrons. The summed E-state index contributed by atoms with van der Waals surface area (Å²) in [5.74, 6) is -2.60. The van der Waals surface area contributed by atoms with Crippen LogP contribution in [0.15, 0.2) is 11.6 Å². The second-order valence-electron chi connectivity index (χ2n) is 7.88. The van der Waals surface area contributed by atoms with Crippen molar-refractivity contribution in [1.29, 1.82) is 0 Å². The molecule has 0 aromatic heterocycles. The summed E-state index contributed by atoms with van der Waals surface area (Å²) in [6.07, 6.45) is 0.293. The molecule has 0 aliphatic carbocycles. The topological polar surface area (TPSA) is 117 Å². The normalized spacial score (nSPS) is 42.8. The van der Waals surface area contributed by atoms with E-state index in [9.17, 15) is 24.9 Å². The van der Waals surface area contributed by atoms with E-state index in [1.807, 2.05) is 6.08 Å². The van der Waals surface area contributed by atoms with Crippen molar-refractivity contribution in [3.63, 3.8) is 0 Å². The van der Waals surface area contributed by atoms with Gasteiger partial charge in [0.15, 0.2) is 11.2 Å². The molecule has 0 unspecified atom stereocenters. The van der Waals surface area contributed by atoms with Crippen molar-refractivity contribution in [2.24, 2.45) is 5.92 Å². The molecule has 3 aliphatic heterocycles. The summed E-state index contributed by atoms with van der Waals surface area (Å²) >= 11 is 0. The molecule has 2 fully saturated rings. The van der Waals surface area contributed by atoms with Gasteiger partial charge in [-0.3, -0.25) is 4.90 Å². The van der Waals surface area contributed by atoms with E-state index in [2.05, 4.69) is 4.90 Å². The zero-order chi connectivity index (χ0) is 19.3. The quantitative estimate of drug-likeness (QED) is 0.413. The molecular formula is C18H27NO7. The van der Waals surface area contributed by atoms with E-state index in [-0.39, 0.29) is 19.1 Å². The highest BCUT2D eigenvalue weighted by atomic mass is 16.6. The Morgan fingerprint density at radius 1 is 1.31 bits per heavy atom. The number of cyclic esters (lactones) is 1. The highest BCUT2D eigenvalue weighted by molar-refractivity contribution is 5.82. The first-order valence-electron chi connectivity index (χ1n) is 9.01. The molecule has 0 aromatic rings. The first-order chi connectivity index (χ1) is 12.1.